The zero-order valence-corrected chi connectivity index (χ0v) is 19.5. The van der Waals surface area contributed by atoms with Gasteiger partial charge in [0.1, 0.15) is 6.61 Å². The number of nitrogens with one attached hydrogen (secondary N) is 1. The molecule has 2 N–H and O–H groups in total. The first-order chi connectivity index (χ1) is 16.5. The van der Waals surface area contributed by atoms with E-state index in [1.807, 2.05) is 31.2 Å². The number of hydrogen-bond acceptors (Lipinski definition) is 4. The van der Waals surface area contributed by atoms with Crippen molar-refractivity contribution in [1.29, 1.82) is 0 Å². The van der Waals surface area contributed by atoms with E-state index in [-0.39, 0.29) is 36.8 Å². The van der Waals surface area contributed by atoms with Crippen LogP contribution in [0, 0.1) is 5.92 Å². The van der Waals surface area contributed by atoms with Crippen molar-refractivity contribution in [2.24, 2.45) is 5.92 Å². The third kappa shape index (κ3) is 5.24. The Morgan fingerprint density at radius 3 is 2.35 bits per heavy atom. The molecule has 4 rings (SSSR count). The molecule has 2 aliphatic rings. The Morgan fingerprint density at radius 1 is 1.06 bits per heavy atom. The van der Waals surface area contributed by atoms with E-state index in [2.05, 4.69) is 29.6 Å². The van der Waals surface area contributed by atoms with Crippen LogP contribution in [-0.2, 0) is 14.3 Å². The molecule has 1 aliphatic carbocycles. The van der Waals surface area contributed by atoms with Gasteiger partial charge in [-0.05, 0) is 47.9 Å². The molecule has 7 heteroatoms. The summed E-state index contributed by atoms with van der Waals surface area (Å²) in [5.74, 6) is -1.22. The lowest BCUT2D eigenvalue weighted by molar-refractivity contribution is -0.143. The zero-order chi connectivity index (χ0) is 24.1. The quantitative estimate of drug-likeness (QED) is 0.603. The molecule has 1 saturated heterocycles. The van der Waals surface area contributed by atoms with E-state index in [9.17, 15) is 14.4 Å². The second-order valence-electron chi connectivity index (χ2n) is 9.22. The number of carboxylic acids is 1. The summed E-state index contributed by atoms with van der Waals surface area (Å²) in [6.07, 6.45) is 2.52. The monoisotopic (exact) mass is 464 g/mol. The first-order valence-electron chi connectivity index (χ1n) is 12.1. The normalized spacial score (nSPS) is 18.0. The van der Waals surface area contributed by atoms with Gasteiger partial charge in [-0.15, -0.1) is 0 Å². The number of amides is 2. The third-order valence-corrected chi connectivity index (χ3v) is 6.93. The van der Waals surface area contributed by atoms with Crippen LogP contribution in [0.3, 0.4) is 0 Å². The van der Waals surface area contributed by atoms with E-state index < -0.39 is 12.1 Å². The average molecular weight is 465 g/mol. The van der Waals surface area contributed by atoms with Gasteiger partial charge in [0.2, 0.25) is 5.91 Å². The van der Waals surface area contributed by atoms with E-state index in [1.54, 1.807) is 4.90 Å². The molecule has 2 aromatic carbocycles. The number of carbonyl (C=O) groups is 3. The number of carbonyl (C=O) groups excluding carboxylic acids is 2. The molecular formula is C27H32N2O5. The summed E-state index contributed by atoms with van der Waals surface area (Å²) in [6.45, 7) is 3.00. The van der Waals surface area contributed by atoms with E-state index in [1.165, 1.54) is 11.1 Å². The SMILES string of the molecule is CC(CCNC(=O)OCC1c2ccccc2-c2ccccc21)C(=O)N1CCCC[C@@H]1CC(=O)O. The molecule has 0 saturated carbocycles. The summed E-state index contributed by atoms with van der Waals surface area (Å²) < 4.78 is 5.55. The maximum absolute atomic E-state index is 12.9. The Hall–Kier alpha value is -3.35. The van der Waals surface area contributed by atoms with Crippen LogP contribution in [0.4, 0.5) is 4.79 Å². The molecule has 34 heavy (non-hydrogen) atoms. The highest BCUT2D eigenvalue weighted by molar-refractivity contribution is 5.80. The Kier molecular flexibility index (Phi) is 7.50. The lowest BCUT2D eigenvalue weighted by Gasteiger charge is -2.36. The van der Waals surface area contributed by atoms with Gasteiger partial charge in [0, 0.05) is 31.0 Å². The molecular weight excluding hydrogens is 432 g/mol. The van der Waals surface area contributed by atoms with Gasteiger partial charge >= 0.3 is 12.1 Å². The van der Waals surface area contributed by atoms with Gasteiger partial charge in [0.15, 0.2) is 0 Å². The maximum atomic E-state index is 12.9. The van der Waals surface area contributed by atoms with Gasteiger partial charge < -0.3 is 20.1 Å². The highest BCUT2D eigenvalue weighted by Gasteiger charge is 2.31. The molecule has 0 radical (unpaired) electrons. The number of benzene rings is 2. The van der Waals surface area contributed by atoms with Crippen LogP contribution in [0.2, 0.25) is 0 Å². The largest absolute Gasteiger partial charge is 0.481 e. The summed E-state index contributed by atoms with van der Waals surface area (Å²) >= 11 is 0. The Bertz CT molecular complexity index is 1010. The van der Waals surface area contributed by atoms with Crippen LogP contribution in [0.1, 0.15) is 56.1 Å². The summed E-state index contributed by atoms with van der Waals surface area (Å²) in [4.78, 5) is 38.1. The van der Waals surface area contributed by atoms with Crippen LogP contribution in [0.5, 0.6) is 0 Å². The van der Waals surface area contributed by atoms with Crippen molar-refractivity contribution in [3.8, 4) is 11.1 Å². The van der Waals surface area contributed by atoms with Crippen molar-refractivity contribution in [3.05, 3.63) is 59.7 Å². The number of alkyl carbamates (subject to hydrolysis) is 1. The van der Waals surface area contributed by atoms with E-state index in [0.717, 1.165) is 30.4 Å². The van der Waals surface area contributed by atoms with Crippen LogP contribution in [0.25, 0.3) is 11.1 Å². The highest BCUT2D eigenvalue weighted by Crippen LogP contribution is 2.44. The minimum absolute atomic E-state index is 0.00363. The molecule has 0 bridgehead atoms. The van der Waals surface area contributed by atoms with Gasteiger partial charge in [-0.2, -0.15) is 0 Å². The van der Waals surface area contributed by atoms with Crippen molar-refractivity contribution in [2.75, 3.05) is 19.7 Å². The second kappa shape index (κ2) is 10.7. The fourth-order valence-corrected chi connectivity index (χ4v) is 5.15. The number of likely N-dealkylation sites (tertiary alicyclic amines) is 1. The number of fused-ring (bicyclic) bond motifs is 3. The van der Waals surface area contributed by atoms with Crippen LogP contribution in [0.15, 0.2) is 48.5 Å². The second-order valence-corrected chi connectivity index (χ2v) is 9.22. The van der Waals surface area contributed by atoms with Crippen LogP contribution in [-0.4, -0.2) is 53.7 Å². The van der Waals surface area contributed by atoms with E-state index in [4.69, 9.17) is 9.84 Å². The lowest BCUT2D eigenvalue weighted by Crippen LogP contribution is -2.47. The van der Waals surface area contributed by atoms with Crippen molar-refractivity contribution < 1.29 is 24.2 Å². The number of ether oxygens (including phenoxy) is 1. The number of hydrogen-bond donors (Lipinski definition) is 2. The molecule has 1 heterocycles. The molecule has 7 nitrogen and oxygen atoms in total. The summed E-state index contributed by atoms with van der Waals surface area (Å²) in [5.41, 5.74) is 4.68. The predicted molar refractivity (Wildman–Crippen MR) is 128 cm³/mol. The smallest absolute Gasteiger partial charge is 0.407 e. The number of rotatable bonds is 8. The van der Waals surface area contributed by atoms with Gasteiger partial charge in [-0.1, -0.05) is 55.5 Å². The summed E-state index contributed by atoms with van der Waals surface area (Å²) in [7, 11) is 0. The fourth-order valence-electron chi connectivity index (χ4n) is 5.15. The topological polar surface area (TPSA) is 95.9 Å². The maximum Gasteiger partial charge on any atom is 0.407 e. The number of nitrogens with zero attached hydrogens (tertiary/aromatic N) is 1. The van der Waals surface area contributed by atoms with Crippen LogP contribution >= 0.6 is 0 Å². The zero-order valence-electron chi connectivity index (χ0n) is 19.5. The first-order valence-corrected chi connectivity index (χ1v) is 12.1. The minimum atomic E-state index is -0.880. The molecule has 0 spiro atoms. The number of aliphatic carboxylic acids is 1. The fraction of sp³-hybridized carbons (Fsp3) is 0.444. The highest BCUT2D eigenvalue weighted by atomic mass is 16.5. The van der Waals surface area contributed by atoms with Gasteiger partial charge in [-0.25, -0.2) is 4.79 Å². The van der Waals surface area contributed by atoms with Gasteiger partial charge in [0.25, 0.3) is 0 Å². The standard InChI is InChI=1S/C27H32N2O5/c1-18(26(32)29-15-7-6-8-19(29)16-25(30)31)13-14-28-27(33)34-17-24-22-11-4-2-9-20(22)21-10-3-5-12-23(21)24/h2-5,9-12,18-19,24H,6-8,13-17H2,1H3,(H,28,33)(H,30,31)/t18?,19-/m1/s1. The van der Waals surface area contributed by atoms with Gasteiger partial charge in [0.05, 0.1) is 6.42 Å². The Balaban J connectivity index is 1.26. The van der Waals surface area contributed by atoms with Crippen molar-refractivity contribution in [2.45, 2.75) is 51.0 Å². The molecule has 2 atom stereocenters. The van der Waals surface area contributed by atoms with E-state index in [0.29, 0.717) is 19.5 Å². The van der Waals surface area contributed by atoms with Gasteiger partial charge in [-0.3, -0.25) is 9.59 Å². The number of piperidine rings is 1. The molecule has 1 aliphatic heterocycles. The molecule has 1 fully saturated rings. The molecule has 2 aromatic rings. The first kappa shape index (κ1) is 23.8. The Labute approximate surface area is 200 Å². The third-order valence-electron chi connectivity index (χ3n) is 6.93. The number of carboxylic acid groups (broad SMARTS) is 1. The summed E-state index contributed by atoms with van der Waals surface area (Å²) in [6, 6.07) is 16.1. The molecule has 1 unspecified atom stereocenters. The molecule has 180 valence electrons. The Morgan fingerprint density at radius 2 is 1.71 bits per heavy atom. The summed E-state index contributed by atoms with van der Waals surface area (Å²) in [5, 5.41) is 11.9. The van der Waals surface area contributed by atoms with Crippen molar-refractivity contribution >= 4 is 18.0 Å². The molecule has 0 aromatic heterocycles. The minimum Gasteiger partial charge on any atom is -0.481 e. The van der Waals surface area contributed by atoms with Crippen molar-refractivity contribution in [3.63, 3.8) is 0 Å². The van der Waals surface area contributed by atoms with E-state index >= 15 is 0 Å². The molecule has 2 amide bonds. The van der Waals surface area contributed by atoms with Crippen molar-refractivity contribution in [1.82, 2.24) is 10.2 Å². The predicted octanol–water partition coefficient (Wildman–Crippen LogP) is 4.41. The lowest BCUT2D eigenvalue weighted by atomic mass is 9.96. The van der Waals surface area contributed by atoms with Crippen LogP contribution < -0.4 is 5.32 Å². The average Bonchev–Trinajstić information content (AvgIpc) is 3.16.